The van der Waals surface area contributed by atoms with Crippen molar-refractivity contribution in [1.82, 2.24) is 5.43 Å². The summed E-state index contributed by atoms with van der Waals surface area (Å²) in [6.07, 6.45) is -1.11. The number of carboxylic acids is 1. The average molecular weight is 383 g/mol. The standard InChI is InChI=1S/C20H20N2O6/c1-12(13-7-8-15(26-2)14(9-13)10-19(23)24)21-22-20(25)18-11-27-16-5-3-4-6-17(16)28-18/h3-9,18H,10-11H2,1-2H3,(H,22,25)(H,23,24)/p-1/b21-12-/t18-/m0/s1. The van der Waals surface area contributed by atoms with Crippen molar-refractivity contribution in [2.75, 3.05) is 13.7 Å². The van der Waals surface area contributed by atoms with E-state index in [0.29, 0.717) is 34.1 Å². The van der Waals surface area contributed by atoms with Crippen LogP contribution in [0.2, 0.25) is 0 Å². The van der Waals surface area contributed by atoms with Gasteiger partial charge in [0, 0.05) is 18.0 Å². The summed E-state index contributed by atoms with van der Waals surface area (Å²) in [5, 5.41) is 15.0. The van der Waals surface area contributed by atoms with Crippen LogP contribution in [0.1, 0.15) is 18.1 Å². The first-order valence-corrected chi connectivity index (χ1v) is 8.57. The first-order valence-electron chi connectivity index (χ1n) is 8.57. The Hall–Kier alpha value is -3.55. The van der Waals surface area contributed by atoms with Gasteiger partial charge in [0.25, 0.3) is 5.91 Å². The predicted octanol–water partition coefficient (Wildman–Crippen LogP) is 0.668. The van der Waals surface area contributed by atoms with Gasteiger partial charge in [-0.15, -0.1) is 0 Å². The molecule has 0 saturated heterocycles. The molecule has 146 valence electrons. The molecular weight excluding hydrogens is 364 g/mol. The van der Waals surface area contributed by atoms with Gasteiger partial charge in [-0.1, -0.05) is 12.1 Å². The fraction of sp³-hybridized carbons (Fsp3) is 0.250. The lowest BCUT2D eigenvalue weighted by Gasteiger charge is -2.24. The van der Waals surface area contributed by atoms with Crippen LogP contribution in [0.15, 0.2) is 47.6 Å². The average Bonchev–Trinajstić information content (AvgIpc) is 2.70. The maximum absolute atomic E-state index is 12.3. The molecule has 0 spiro atoms. The number of benzene rings is 2. The summed E-state index contributed by atoms with van der Waals surface area (Å²) in [6, 6.07) is 12.1. The van der Waals surface area contributed by atoms with Crippen LogP contribution in [0.25, 0.3) is 0 Å². The van der Waals surface area contributed by atoms with Crippen LogP contribution < -0.4 is 24.7 Å². The van der Waals surface area contributed by atoms with Gasteiger partial charge in [0.05, 0.1) is 12.8 Å². The summed E-state index contributed by atoms with van der Waals surface area (Å²) in [7, 11) is 1.46. The van der Waals surface area contributed by atoms with Crippen molar-refractivity contribution in [2.24, 2.45) is 5.10 Å². The molecule has 1 aliphatic heterocycles. The van der Waals surface area contributed by atoms with Gasteiger partial charge in [-0.25, -0.2) is 5.43 Å². The quantitative estimate of drug-likeness (QED) is 0.580. The maximum Gasteiger partial charge on any atom is 0.284 e. The van der Waals surface area contributed by atoms with Gasteiger partial charge in [-0.2, -0.15) is 5.10 Å². The van der Waals surface area contributed by atoms with Crippen molar-refractivity contribution >= 4 is 17.6 Å². The third-order valence-corrected chi connectivity index (χ3v) is 4.17. The molecule has 0 fully saturated rings. The Morgan fingerprint density at radius 1 is 1.25 bits per heavy atom. The topological polar surface area (TPSA) is 109 Å². The summed E-state index contributed by atoms with van der Waals surface area (Å²) < 4.78 is 16.3. The van der Waals surface area contributed by atoms with E-state index in [-0.39, 0.29) is 13.0 Å². The Morgan fingerprint density at radius 2 is 2.00 bits per heavy atom. The number of carboxylic acid groups (broad SMARTS) is 1. The van der Waals surface area contributed by atoms with Crippen LogP contribution in [0.5, 0.6) is 17.2 Å². The van der Waals surface area contributed by atoms with E-state index in [1.54, 1.807) is 43.3 Å². The minimum Gasteiger partial charge on any atom is -0.550 e. The van der Waals surface area contributed by atoms with Crippen LogP contribution in [0.3, 0.4) is 0 Å². The maximum atomic E-state index is 12.3. The molecule has 8 nitrogen and oxygen atoms in total. The van der Waals surface area contributed by atoms with Gasteiger partial charge in [-0.05, 0) is 42.8 Å². The molecule has 0 saturated carbocycles. The predicted molar refractivity (Wildman–Crippen MR) is 98.4 cm³/mol. The molecule has 0 aliphatic carbocycles. The van der Waals surface area contributed by atoms with Gasteiger partial charge in [0.2, 0.25) is 6.10 Å². The molecule has 1 atom stereocenters. The van der Waals surface area contributed by atoms with E-state index in [2.05, 4.69) is 10.5 Å². The minimum atomic E-state index is -1.21. The van der Waals surface area contributed by atoms with Crippen LogP contribution >= 0.6 is 0 Å². The Kier molecular flexibility index (Phi) is 5.78. The smallest absolute Gasteiger partial charge is 0.284 e. The van der Waals surface area contributed by atoms with Crippen LogP contribution in [0.4, 0.5) is 0 Å². The number of carbonyl (C=O) groups excluding carboxylic acids is 2. The molecule has 0 radical (unpaired) electrons. The molecule has 3 rings (SSSR count). The van der Waals surface area contributed by atoms with Gasteiger partial charge in [0.1, 0.15) is 12.4 Å². The second-order valence-corrected chi connectivity index (χ2v) is 6.11. The monoisotopic (exact) mass is 383 g/mol. The number of amides is 1. The molecule has 2 aromatic carbocycles. The van der Waals surface area contributed by atoms with E-state index in [4.69, 9.17) is 14.2 Å². The number of rotatable bonds is 6. The highest BCUT2D eigenvalue weighted by atomic mass is 16.6. The Morgan fingerprint density at radius 3 is 2.71 bits per heavy atom. The zero-order valence-corrected chi connectivity index (χ0v) is 15.4. The highest BCUT2D eigenvalue weighted by molar-refractivity contribution is 6.00. The number of fused-ring (bicyclic) bond motifs is 1. The summed E-state index contributed by atoms with van der Waals surface area (Å²) in [6.45, 7) is 1.77. The molecule has 1 N–H and O–H groups in total. The molecule has 0 unspecified atom stereocenters. The molecular formula is C20H19N2O6-. The van der Waals surface area contributed by atoms with Gasteiger partial charge in [-0.3, -0.25) is 4.79 Å². The second-order valence-electron chi connectivity index (χ2n) is 6.11. The van der Waals surface area contributed by atoms with E-state index < -0.39 is 18.0 Å². The van der Waals surface area contributed by atoms with Crippen LogP contribution in [-0.4, -0.2) is 37.4 Å². The van der Waals surface area contributed by atoms with Gasteiger partial charge in [0.15, 0.2) is 11.5 Å². The molecule has 0 bridgehead atoms. The molecule has 1 amide bonds. The summed E-state index contributed by atoms with van der Waals surface area (Å²) in [4.78, 5) is 23.2. The van der Waals surface area contributed by atoms with Gasteiger partial charge < -0.3 is 24.1 Å². The molecule has 0 aromatic heterocycles. The van der Waals surface area contributed by atoms with Crippen LogP contribution in [-0.2, 0) is 16.0 Å². The van der Waals surface area contributed by atoms with E-state index >= 15 is 0 Å². The van der Waals surface area contributed by atoms with Crippen molar-refractivity contribution in [3.63, 3.8) is 0 Å². The molecule has 1 heterocycles. The summed E-state index contributed by atoms with van der Waals surface area (Å²) in [5.74, 6) is -0.136. The Balaban J connectivity index is 1.69. The Bertz CT molecular complexity index is 925. The lowest BCUT2D eigenvalue weighted by molar-refractivity contribution is -0.304. The number of hydrazone groups is 1. The van der Waals surface area contributed by atoms with Crippen molar-refractivity contribution in [3.05, 3.63) is 53.6 Å². The number of ether oxygens (including phenoxy) is 3. The summed E-state index contributed by atoms with van der Waals surface area (Å²) >= 11 is 0. The van der Waals surface area contributed by atoms with Crippen molar-refractivity contribution in [3.8, 4) is 17.2 Å². The highest BCUT2D eigenvalue weighted by Crippen LogP contribution is 2.30. The fourth-order valence-corrected chi connectivity index (χ4v) is 2.72. The molecule has 1 aliphatic rings. The summed E-state index contributed by atoms with van der Waals surface area (Å²) in [5.41, 5.74) is 4.05. The number of carbonyl (C=O) groups is 2. The largest absolute Gasteiger partial charge is 0.550 e. The third-order valence-electron chi connectivity index (χ3n) is 4.17. The number of nitrogens with zero attached hydrogens (tertiary/aromatic N) is 1. The van der Waals surface area contributed by atoms with E-state index in [0.717, 1.165) is 0 Å². The fourth-order valence-electron chi connectivity index (χ4n) is 2.72. The third kappa shape index (κ3) is 4.40. The highest BCUT2D eigenvalue weighted by Gasteiger charge is 2.27. The molecule has 2 aromatic rings. The van der Waals surface area contributed by atoms with E-state index in [1.807, 2.05) is 6.07 Å². The molecule has 28 heavy (non-hydrogen) atoms. The Labute approximate surface area is 161 Å². The zero-order valence-electron chi connectivity index (χ0n) is 15.4. The number of para-hydroxylation sites is 2. The number of methoxy groups -OCH3 is 1. The number of hydrogen-bond donors (Lipinski definition) is 1. The van der Waals surface area contributed by atoms with Crippen LogP contribution in [0, 0.1) is 0 Å². The van der Waals surface area contributed by atoms with E-state index in [9.17, 15) is 14.7 Å². The lowest BCUT2D eigenvalue weighted by Crippen LogP contribution is -2.42. The lowest BCUT2D eigenvalue weighted by atomic mass is 10.0. The minimum absolute atomic E-state index is 0.0791. The normalized spacial score (nSPS) is 15.6. The second kappa shape index (κ2) is 8.43. The molecule has 8 heteroatoms. The number of hydrogen-bond acceptors (Lipinski definition) is 7. The zero-order chi connectivity index (χ0) is 20.1. The number of nitrogens with one attached hydrogen (secondary N) is 1. The van der Waals surface area contributed by atoms with E-state index in [1.165, 1.54) is 7.11 Å². The first kappa shape index (κ1) is 19.2. The van der Waals surface area contributed by atoms with Crippen molar-refractivity contribution in [1.29, 1.82) is 0 Å². The van der Waals surface area contributed by atoms with Crippen molar-refractivity contribution < 1.29 is 28.9 Å². The van der Waals surface area contributed by atoms with Crippen molar-refractivity contribution in [2.45, 2.75) is 19.4 Å². The number of aliphatic carboxylic acids is 1. The van der Waals surface area contributed by atoms with Gasteiger partial charge >= 0.3 is 0 Å². The first-order chi connectivity index (χ1) is 13.5. The SMILES string of the molecule is COc1ccc(/C(C)=N\NC(=O)[C@@H]2COc3ccccc3O2)cc1CC(=O)[O-].